The molecule has 5 heterocycles. The Hall–Kier alpha value is -5.55. The van der Waals surface area contributed by atoms with Crippen molar-refractivity contribution in [3.05, 3.63) is 88.5 Å². The molecule has 15 nitrogen and oxygen atoms in total. The molecule has 6 N–H and O–H groups in total. The van der Waals surface area contributed by atoms with Crippen LogP contribution in [0.1, 0.15) is 69.2 Å². The fourth-order valence-corrected chi connectivity index (χ4v) is 9.13. The predicted molar refractivity (Wildman–Crippen MR) is 212 cm³/mol. The van der Waals surface area contributed by atoms with Crippen LogP contribution in [0.4, 0.5) is 5.13 Å². The lowest BCUT2D eigenvalue weighted by Crippen LogP contribution is -2.62. The summed E-state index contributed by atoms with van der Waals surface area (Å²) in [6, 6.07) is 12.5. The highest BCUT2D eigenvalue weighted by Crippen LogP contribution is 2.45. The van der Waals surface area contributed by atoms with Crippen LogP contribution < -0.4 is 16.0 Å². The van der Waals surface area contributed by atoms with Crippen molar-refractivity contribution in [3.63, 3.8) is 0 Å². The number of hydrogen-bond acceptors (Lipinski definition) is 11. The molecule has 4 aromatic rings. The first-order chi connectivity index (χ1) is 26.8. The molecule has 0 bridgehead atoms. The van der Waals surface area contributed by atoms with Crippen molar-refractivity contribution < 1.29 is 38.8 Å². The van der Waals surface area contributed by atoms with Crippen LogP contribution in [0, 0.1) is 5.92 Å². The molecule has 2 atom stereocenters. The lowest BCUT2D eigenvalue weighted by Gasteiger charge is -2.49. The van der Waals surface area contributed by atoms with Gasteiger partial charge < -0.3 is 31.1 Å². The van der Waals surface area contributed by atoms with E-state index >= 15 is 0 Å². The average molecular weight is 800 g/mol. The number of nitrogen functional groups attached to an aromatic ring is 1. The Morgan fingerprint density at radius 1 is 1.09 bits per heavy atom. The molecule has 2 aliphatic heterocycles. The molecule has 3 aliphatic rings. The smallest absolute Gasteiger partial charge is 0.352 e. The van der Waals surface area contributed by atoms with Gasteiger partial charge in [0.2, 0.25) is 11.5 Å². The van der Waals surface area contributed by atoms with Crippen LogP contribution in [0.2, 0.25) is 0 Å². The van der Waals surface area contributed by atoms with E-state index in [4.69, 9.17) is 21.3 Å². The summed E-state index contributed by atoms with van der Waals surface area (Å²) < 4.78 is 4.05. The number of rotatable bonds is 14. The first-order valence-corrected chi connectivity index (χ1v) is 20.3. The van der Waals surface area contributed by atoms with Crippen LogP contribution in [-0.2, 0) is 37.1 Å². The van der Waals surface area contributed by atoms with E-state index in [0.717, 1.165) is 46.2 Å². The minimum Gasteiger partial charge on any atom is -0.478 e. The van der Waals surface area contributed by atoms with Crippen molar-refractivity contribution in [2.75, 3.05) is 11.5 Å². The molecule has 292 valence electrons. The number of thiazole rings is 1. The molecule has 0 unspecified atom stereocenters. The normalized spacial score (nSPS) is 19.5. The minimum atomic E-state index is -1.74. The van der Waals surface area contributed by atoms with E-state index in [2.05, 4.69) is 26.8 Å². The number of carbonyl (C=O) groups is 4. The number of thioether (sulfide) groups is 1. The van der Waals surface area contributed by atoms with Crippen molar-refractivity contribution in [1.82, 2.24) is 14.5 Å². The molecule has 1 amide bonds. The Balaban J connectivity index is 1.03. The highest BCUT2D eigenvalue weighted by Gasteiger charge is 2.54. The van der Waals surface area contributed by atoms with Gasteiger partial charge in [-0.25, -0.2) is 19.1 Å². The van der Waals surface area contributed by atoms with Gasteiger partial charge in [-0.3, -0.25) is 19.5 Å². The first kappa shape index (κ1) is 38.7. The number of β-lactam (4-membered cyclic amide) rings is 1. The number of oxime groups is 1. The van der Waals surface area contributed by atoms with E-state index in [1.54, 1.807) is 0 Å². The third kappa shape index (κ3) is 8.04. The van der Waals surface area contributed by atoms with Crippen molar-refractivity contribution in [3.8, 4) is 0 Å². The van der Waals surface area contributed by atoms with E-state index in [0.29, 0.717) is 29.7 Å². The minimum absolute atomic E-state index is 0.0892. The number of carbonyl (C=O) groups excluding carboxylic acids is 2. The highest BCUT2D eigenvalue weighted by molar-refractivity contribution is 8.00. The Morgan fingerprint density at radius 3 is 2.52 bits per heavy atom. The van der Waals surface area contributed by atoms with Crippen LogP contribution in [0.25, 0.3) is 10.9 Å². The second-order valence-electron chi connectivity index (χ2n) is 14.7. The molecular weight excluding hydrogens is 757 g/mol. The Bertz CT molecular complexity index is 2290. The largest absolute Gasteiger partial charge is 0.478 e. The van der Waals surface area contributed by atoms with E-state index < -0.39 is 40.5 Å². The summed E-state index contributed by atoms with van der Waals surface area (Å²) in [6.07, 6.45) is 11.4. The lowest BCUT2D eigenvalue weighted by atomic mass is 9.89. The molecule has 17 heteroatoms. The molecule has 1 aliphatic carbocycles. The summed E-state index contributed by atoms with van der Waals surface area (Å²) in [6.45, 7) is 3.45. The Morgan fingerprint density at radius 2 is 1.84 bits per heavy atom. The number of aromatic nitrogens is 3. The molecular formula is C39H43N8O7S2+. The van der Waals surface area contributed by atoms with Crippen LogP contribution in [0.15, 0.2) is 81.8 Å². The second kappa shape index (κ2) is 15.9. The first-order valence-electron chi connectivity index (χ1n) is 18.3. The van der Waals surface area contributed by atoms with Crippen molar-refractivity contribution in [1.29, 1.82) is 0 Å². The van der Waals surface area contributed by atoms with Gasteiger partial charge in [0.1, 0.15) is 17.2 Å². The number of carboxylic acid groups (broad SMARTS) is 2. The monoisotopic (exact) mass is 799 g/mol. The van der Waals surface area contributed by atoms with Crippen LogP contribution >= 0.6 is 23.1 Å². The zero-order chi connectivity index (χ0) is 39.7. The van der Waals surface area contributed by atoms with Gasteiger partial charge >= 0.3 is 11.9 Å². The maximum Gasteiger partial charge on any atom is 0.352 e. The summed E-state index contributed by atoms with van der Waals surface area (Å²) in [5, 5.41) is 25.6. The summed E-state index contributed by atoms with van der Waals surface area (Å²) in [7, 11) is 0. The average Bonchev–Trinajstić information content (AvgIpc) is 3.79. The summed E-state index contributed by atoms with van der Waals surface area (Å²) in [4.78, 5) is 66.6. The van der Waals surface area contributed by atoms with E-state index in [-0.39, 0.29) is 35.2 Å². The Kier molecular flexibility index (Phi) is 11.0. The number of fused-ring (bicyclic) bond motifs is 2. The van der Waals surface area contributed by atoms with Gasteiger partial charge in [0.05, 0.1) is 28.2 Å². The third-order valence-electron chi connectivity index (χ3n) is 10.3. The molecule has 1 saturated heterocycles. The summed E-state index contributed by atoms with van der Waals surface area (Å²) in [5.41, 5.74) is 13.7. The number of anilines is 1. The fraction of sp³-hybridized carbons (Fsp3) is 0.385. The van der Waals surface area contributed by atoms with Gasteiger partial charge in [-0.2, -0.15) is 0 Å². The van der Waals surface area contributed by atoms with Crippen LogP contribution in [0.3, 0.4) is 0 Å². The maximum atomic E-state index is 13.5. The van der Waals surface area contributed by atoms with Gasteiger partial charge in [0.25, 0.3) is 0 Å². The standard InChI is InChI=1S/C39H42N8O7S2/c1-39(2,37(52)53)54-44-31(28-21-56-38(41)43-28)30(48)16-27-34(49)47-32(36(50)51)25(20-55-35(27)47)19-45-14-13-29-24(18-45)12-15-46(29)17-22-8-10-23(11-9-22)33(40)42-26-6-4-3-5-7-26/h8-15,18,21,26-27,35H,3-7,16-17,19-20H2,1-2H3,(H5-,40,41,42,43,50,51,52,53)/p+1/b44-31-/t27-,35-/m1/s1. The third-order valence-corrected chi connectivity index (χ3v) is 12.4. The number of aliphatic imine (C=N–C) groups is 1. The van der Waals surface area contributed by atoms with Gasteiger partial charge in [-0.15, -0.1) is 23.1 Å². The summed E-state index contributed by atoms with van der Waals surface area (Å²) in [5.74, 6) is -3.55. The van der Waals surface area contributed by atoms with Crippen LogP contribution in [-0.4, -0.2) is 82.6 Å². The van der Waals surface area contributed by atoms with Crippen molar-refractivity contribution in [2.45, 2.75) is 82.5 Å². The highest BCUT2D eigenvalue weighted by atomic mass is 32.2. The van der Waals surface area contributed by atoms with Gasteiger partial charge in [-0.05, 0) is 38.3 Å². The maximum absolute atomic E-state index is 13.5. The number of carboxylic acids is 2. The quantitative estimate of drug-likeness (QED) is 0.0466. The lowest BCUT2D eigenvalue weighted by molar-refractivity contribution is -0.687. The number of ketones is 1. The zero-order valence-corrected chi connectivity index (χ0v) is 32.6. The van der Waals surface area contributed by atoms with E-state index in [1.165, 1.54) is 55.2 Å². The van der Waals surface area contributed by atoms with Gasteiger partial charge in [0, 0.05) is 47.5 Å². The molecule has 2 fully saturated rings. The van der Waals surface area contributed by atoms with E-state index in [1.807, 2.05) is 47.4 Å². The molecule has 0 spiro atoms. The number of nitrogens with two attached hydrogens (primary N) is 2. The fourth-order valence-electron chi connectivity index (χ4n) is 7.18. The van der Waals surface area contributed by atoms with E-state index in [9.17, 15) is 29.4 Å². The SMILES string of the molecule is CC(C)(O/N=C(\C(=O)C[C@@H]1C(=O)N2C(C(=O)O)=C(C[n+]3ccc4c(ccn4Cc4ccc(C(N)=NC5CCCCC5)cc4)c3)CS[C@H]12)c1csc(N)n1)C(=O)O. The number of pyridine rings is 1. The number of amidine groups is 1. The molecule has 1 saturated carbocycles. The topological polar surface area (TPSA) is 220 Å². The van der Waals surface area contributed by atoms with Crippen molar-refractivity contribution >= 4 is 74.3 Å². The molecule has 3 aromatic heterocycles. The van der Waals surface area contributed by atoms with Crippen molar-refractivity contribution in [2.24, 2.45) is 21.8 Å². The number of nitrogens with zero attached hydrogens (tertiary/aromatic N) is 6. The molecule has 1 aromatic carbocycles. The van der Waals surface area contributed by atoms with Crippen LogP contribution in [0.5, 0.6) is 0 Å². The molecule has 0 radical (unpaired) electrons. The van der Waals surface area contributed by atoms with Gasteiger partial charge in [0.15, 0.2) is 35.6 Å². The zero-order valence-electron chi connectivity index (χ0n) is 31.0. The summed E-state index contributed by atoms with van der Waals surface area (Å²) >= 11 is 2.44. The second-order valence-corrected chi connectivity index (χ2v) is 16.7. The molecule has 56 heavy (non-hydrogen) atoms. The Labute approximate surface area is 330 Å². The van der Waals surface area contributed by atoms with Gasteiger partial charge in [-0.1, -0.05) is 48.7 Å². The molecule has 7 rings (SSSR count). The number of aliphatic carboxylic acids is 2. The predicted octanol–water partition coefficient (Wildman–Crippen LogP) is 4.17. The number of benzene rings is 1. The number of amides is 1. The number of Topliss-reactive ketones (excluding diaryl/α,β-unsaturated/α-hetero) is 1. The number of hydrogen-bond donors (Lipinski definition) is 4.